The van der Waals surface area contributed by atoms with E-state index in [2.05, 4.69) is 20.1 Å². The number of nitrogens with zero attached hydrogens (tertiary/aromatic N) is 3. The van der Waals surface area contributed by atoms with Crippen molar-refractivity contribution in [2.45, 2.75) is 31.8 Å². The van der Waals surface area contributed by atoms with Crippen molar-refractivity contribution in [1.29, 1.82) is 0 Å². The molecule has 0 radical (unpaired) electrons. The zero-order valence-corrected chi connectivity index (χ0v) is 10.6. The van der Waals surface area contributed by atoms with Gasteiger partial charge in [0.15, 0.2) is 5.82 Å². The summed E-state index contributed by atoms with van der Waals surface area (Å²) in [5.41, 5.74) is 5.70. The van der Waals surface area contributed by atoms with E-state index >= 15 is 0 Å². The Morgan fingerprint density at radius 2 is 2.17 bits per heavy atom. The lowest BCUT2D eigenvalue weighted by atomic mass is 9.97. The largest absolute Gasteiger partial charge is 0.370 e. The predicted molar refractivity (Wildman–Crippen MR) is 68.3 cm³/mol. The molecule has 0 aromatic carbocycles. The van der Waals surface area contributed by atoms with Gasteiger partial charge in [-0.3, -0.25) is 5.10 Å². The van der Waals surface area contributed by atoms with Gasteiger partial charge in [0.05, 0.1) is 0 Å². The molecule has 3 rings (SSSR count). The van der Waals surface area contributed by atoms with Gasteiger partial charge >= 0.3 is 0 Å². The van der Waals surface area contributed by atoms with Gasteiger partial charge in [0.1, 0.15) is 6.10 Å². The van der Waals surface area contributed by atoms with Gasteiger partial charge in [0, 0.05) is 19.7 Å². The van der Waals surface area contributed by atoms with E-state index in [1.165, 1.54) is 0 Å². The minimum Gasteiger partial charge on any atom is -0.370 e. The minimum atomic E-state index is 0.118. The van der Waals surface area contributed by atoms with Crippen LogP contribution >= 0.6 is 0 Å². The molecule has 1 aromatic rings. The third-order valence-corrected chi connectivity index (χ3v) is 3.96. The summed E-state index contributed by atoms with van der Waals surface area (Å²) < 4.78 is 5.61. The summed E-state index contributed by atoms with van der Waals surface area (Å²) in [5.74, 6) is 2.36. The Balaban J connectivity index is 1.62. The van der Waals surface area contributed by atoms with Crippen LogP contribution in [0.25, 0.3) is 0 Å². The molecule has 2 fully saturated rings. The van der Waals surface area contributed by atoms with Crippen molar-refractivity contribution in [3.63, 3.8) is 0 Å². The maximum absolute atomic E-state index is 5.70. The molecule has 0 bridgehead atoms. The molecule has 0 amide bonds. The first-order valence-corrected chi connectivity index (χ1v) is 6.85. The summed E-state index contributed by atoms with van der Waals surface area (Å²) in [5, 5.41) is 7.33. The molecule has 0 saturated carbocycles. The van der Waals surface area contributed by atoms with Crippen LogP contribution in [0, 0.1) is 5.92 Å². The summed E-state index contributed by atoms with van der Waals surface area (Å²) in [7, 11) is 0. The van der Waals surface area contributed by atoms with Crippen LogP contribution in [0.4, 0.5) is 5.95 Å². The van der Waals surface area contributed by atoms with Gasteiger partial charge in [-0.25, -0.2) is 0 Å². The zero-order chi connectivity index (χ0) is 12.4. The van der Waals surface area contributed by atoms with Crippen molar-refractivity contribution in [2.24, 2.45) is 11.7 Å². The average Bonchev–Trinajstić information content (AvgIpc) is 3.09. The number of piperidine rings is 1. The van der Waals surface area contributed by atoms with Crippen LogP contribution < -0.4 is 10.6 Å². The molecular weight excluding hydrogens is 230 g/mol. The number of aromatic nitrogens is 3. The fraction of sp³-hybridized carbons (Fsp3) is 0.833. The van der Waals surface area contributed by atoms with E-state index in [1.807, 2.05) is 0 Å². The van der Waals surface area contributed by atoms with Crippen LogP contribution in [0.3, 0.4) is 0 Å². The molecule has 0 spiro atoms. The van der Waals surface area contributed by atoms with Crippen molar-refractivity contribution < 1.29 is 4.74 Å². The van der Waals surface area contributed by atoms with Crippen molar-refractivity contribution in [1.82, 2.24) is 15.2 Å². The number of nitrogens with two attached hydrogens (primary N) is 1. The lowest BCUT2D eigenvalue weighted by Crippen LogP contribution is -2.36. The van der Waals surface area contributed by atoms with Crippen molar-refractivity contribution in [3.8, 4) is 0 Å². The second kappa shape index (κ2) is 5.24. The summed E-state index contributed by atoms with van der Waals surface area (Å²) in [4.78, 5) is 6.81. The molecule has 0 aliphatic carbocycles. The number of nitrogens with one attached hydrogen (secondary N) is 1. The first-order chi connectivity index (χ1) is 8.86. The van der Waals surface area contributed by atoms with E-state index in [9.17, 15) is 0 Å². The predicted octanol–water partition coefficient (Wildman–Crippen LogP) is 0.831. The Morgan fingerprint density at radius 1 is 1.33 bits per heavy atom. The van der Waals surface area contributed by atoms with Crippen molar-refractivity contribution >= 4 is 5.95 Å². The Bertz CT molecular complexity index is 380. The normalized spacial score (nSPS) is 25.8. The van der Waals surface area contributed by atoms with Crippen molar-refractivity contribution in [2.75, 3.05) is 31.1 Å². The van der Waals surface area contributed by atoms with E-state index < -0.39 is 0 Å². The second-order valence-electron chi connectivity index (χ2n) is 5.19. The summed E-state index contributed by atoms with van der Waals surface area (Å²) in [6, 6.07) is 0. The number of hydrogen-bond donors (Lipinski definition) is 2. The van der Waals surface area contributed by atoms with Crippen LogP contribution in [0.1, 0.15) is 37.6 Å². The van der Waals surface area contributed by atoms with E-state index in [0.29, 0.717) is 5.92 Å². The van der Waals surface area contributed by atoms with Gasteiger partial charge < -0.3 is 15.4 Å². The fourth-order valence-electron chi connectivity index (χ4n) is 2.71. The molecule has 100 valence electrons. The minimum absolute atomic E-state index is 0.118. The van der Waals surface area contributed by atoms with Crippen LogP contribution in [0.5, 0.6) is 0 Å². The smallest absolute Gasteiger partial charge is 0.244 e. The maximum Gasteiger partial charge on any atom is 0.244 e. The van der Waals surface area contributed by atoms with Gasteiger partial charge in [-0.2, -0.15) is 4.98 Å². The molecule has 6 heteroatoms. The first-order valence-electron chi connectivity index (χ1n) is 6.85. The van der Waals surface area contributed by atoms with Gasteiger partial charge in [-0.1, -0.05) is 0 Å². The number of anilines is 1. The van der Waals surface area contributed by atoms with Gasteiger partial charge in [0.2, 0.25) is 5.95 Å². The molecule has 6 nitrogen and oxygen atoms in total. The third-order valence-electron chi connectivity index (χ3n) is 3.96. The number of H-pyrrole nitrogens is 1. The molecule has 18 heavy (non-hydrogen) atoms. The van der Waals surface area contributed by atoms with Crippen LogP contribution in [-0.4, -0.2) is 41.4 Å². The number of hydrogen-bond acceptors (Lipinski definition) is 5. The molecule has 1 atom stereocenters. The third kappa shape index (κ3) is 2.35. The second-order valence-corrected chi connectivity index (χ2v) is 5.19. The highest BCUT2D eigenvalue weighted by Crippen LogP contribution is 2.27. The van der Waals surface area contributed by atoms with Crippen molar-refractivity contribution in [3.05, 3.63) is 5.82 Å². The number of ether oxygens (including phenoxy) is 1. The Labute approximate surface area is 107 Å². The monoisotopic (exact) mass is 251 g/mol. The molecule has 1 unspecified atom stereocenters. The van der Waals surface area contributed by atoms with E-state index in [1.54, 1.807) is 0 Å². The van der Waals surface area contributed by atoms with E-state index in [4.69, 9.17) is 10.5 Å². The Hall–Kier alpha value is -1.14. The van der Waals surface area contributed by atoms with Gasteiger partial charge in [0.25, 0.3) is 0 Å². The van der Waals surface area contributed by atoms with Crippen LogP contribution in [0.15, 0.2) is 0 Å². The summed E-state index contributed by atoms with van der Waals surface area (Å²) in [6.07, 6.45) is 4.56. The Kier molecular flexibility index (Phi) is 3.47. The lowest BCUT2D eigenvalue weighted by molar-refractivity contribution is 0.105. The van der Waals surface area contributed by atoms with E-state index in [0.717, 1.165) is 63.7 Å². The summed E-state index contributed by atoms with van der Waals surface area (Å²) >= 11 is 0. The molecule has 1 aromatic heterocycles. The quantitative estimate of drug-likeness (QED) is 0.831. The maximum atomic E-state index is 5.70. The molecular formula is C12H21N5O. The molecule has 2 saturated heterocycles. The average molecular weight is 251 g/mol. The fourth-order valence-corrected chi connectivity index (χ4v) is 2.71. The highest BCUT2D eigenvalue weighted by molar-refractivity contribution is 5.29. The number of rotatable bonds is 3. The number of aromatic amines is 1. The van der Waals surface area contributed by atoms with Crippen LogP contribution in [-0.2, 0) is 4.74 Å². The van der Waals surface area contributed by atoms with Gasteiger partial charge in [-0.15, -0.1) is 5.10 Å². The first kappa shape index (κ1) is 11.9. The zero-order valence-electron chi connectivity index (χ0n) is 10.6. The van der Waals surface area contributed by atoms with Crippen LogP contribution in [0.2, 0.25) is 0 Å². The van der Waals surface area contributed by atoms with Gasteiger partial charge in [-0.05, 0) is 38.1 Å². The SMILES string of the molecule is NCC1CCN(c2n[nH]c(C3CCCO3)n2)CC1. The standard InChI is InChI=1S/C12H21N5O/c13-8-9-3-5-17(6-4-9)12-14-11(15-16-12)10-2-1-7-18-10/h9-10H,1-8,13H2,(H,14,15,16). The topological polar surface area (TPSA) is 80.1 Å². The Morgan fingerprint density at radius 3 is 2.83 bits per heavy atom. The molecule has 3 heterocycles. The summed E-state index contributed by atoms with van der Waals surface area (Å²) in [6.45, 7) is 3.64. The highest BCUT2D eigenvalue weighted by Gasteiger charge is 2.24. The molecule has 2 aliphatic rings. The van der Waals surface area contributed by atoms with E-state index in [-0.39, 0.29) is 6.10 Å². The lowest BCUT2D eigenvalue weighted by Gasteiger charge is -2.30. The molecule has 3 N–H and O–H groups in total. The molecule has 2 aliphatic heterocycles. The highest BCUT2D eigenvalue weighted by atomic mass is 16.5.